The highest BCUT2D eigenvalue weighted by Gasteiger charge is 2.13. The molecule has 0 atom stereocenters. The van der Waals surface area contributed by atoms with E-state index in [0.717, 1.165) is 9.37 Å². The lowest BCUT2D eigenvalue weighted by molar-refractivity contribution is 0.467. The van der Waals surface area contributed by atoms with Crippen molar-refractivity contribution < 1.29 is 5.11 Å². The van der Waals surface area contributed by atoms with Crippen molar-refractivity contribution in [2.24, 2.45) is 0 Å². The van der Waals surface area contributed by atoms with Crippen molar-refractivity contribution in [2.75, 3.05) is 0 Å². The van der Waals surface area contributed by atoms with Crippen LogP contribution >= 0.6 is 39.3 Å². The van der Waals surface area contributed by atoms with Gasteiger partial charge < -0.3 is 10.1 Å². The van der Waals surface area contributed by atoms with Crippen LogP contribution < -0.4 is 5.56 Å². The van der Waals surface area contributed by atoms with E-state index in [1.165, 1.54) is 11.8 Å². The van der Waals surface area contributed by atoms with Crippen molar-refractivity contribution in [2.45, 2.75) is 9.79 Å². The molecular weight excluding hydrogens is 374 g/mol. The van der Waals surface area contributed by atoms with Gasteiger partial charge in [0.05, 0.1) is 5.52 Å². The van der Waals surface area contributed by atoms with Crippen LogP contribution in [0.3, 0.4) is 0 Å². The zero-order valence-corrected chi connectivity index (χ0v) is 13.7. The van der Waals surface area contributed by atoms with Gasteiger partial charge in [-0.25, -0.2) is 0 Å². The van der Waals surface area contributed by atoms with E-state index in [-0.39, 0.29) is 16.2 Å². The number of fused-ring (bicyclic) bond motifs is 1. The lowest BCUT2D eigenvalue weighted by atomic mass is 10.2. The number of aromatic amines is 1. The normalized spacial score (nSPS) is 11.0. The first-order valence-corrected chi connectivity index (χ1v) is 8.01. The number of pyridine rings is 1. The second kappa shape index (κ2) is 5.75. The molecule has 21 heavy (non-hydrogen) atoms. The van der Waals surface area contributed by atoms with Gasteiger partial charge in [-0.2, -0.15) is 0 Å². The van der Waals surface area contributed by atoms with Crippen molar-refractivity contribution in [1.82, 2.24) is 4.98 Å². The number of halogens is 2. The molecular formula is C15H9BrClNO2S. The maximum atomic E-state index is 12.2. The van der Waals surface area contributed by atoms with Crippen LogP contribution in [-0.2, 0) is 0 Å². The van der Waals surface area contributed by atoms with Crippen LogP contribution in [0.4, 0.5) is 0 Å². The summed E-state index contributed by atoms with van der Waals surface area (Å²) in [5.41, 5.74) is 0.177. The smallest absolute Gasteiger partial charge is 0.266 e. The molecule has 0 amide bonds. The molecule has 3 rings (SSSR count). The number of hydrogen-bond acceptors (Lipinski definition) is 3. The number of hydrogen-bond donors (Lipinski definition) is 2. The highest BCUT2D eigenvalue weighted by molar-refractivity contribution is 9.10. The van der Waals surface area contributed by atoms with Crippen LogP contribution in [0.15, 0.2) is 61.5 Å². The van der Waals surface area contributed by atoms with Crippen LogP contribution in [0, 0.1) is 0 Å². The molecule has 1 aromatic heterocycles. The third-order valence-corrected chi connectivity index (χ3v) is 4.72. The zero-order chi connectivity index (χ0) is 15.0. The van der Waals surface area contributed by atoms with Crippen LogP contribution in [0.25, 0.3) is 10.9 Å². The van der Waals surface area contributed by atoms with E-state index in [4.69, 9.17) is 11.6 Å². The molecule has 0 aliphatic carbocycles. The quantitative estimate of drug-likeness (QED) is 0.669. The Morgan fingerprint density at radius 3 is 2.76 bits per heavy atom. The van der Waals surface area contributed by atoms with E-state index in [1.54, 1.807) is 18.2 Å². The summed E-state index contributed by atoms with van der Waals surface area (Å²) >= 11 is 10.5. The molecule has 6 heteroatoms. The Balaban J connectivity index is 2.15. The molecule has 0 saturated heterocycles. The van der Waals surface area contributed by atoms with Gasteiger partial charge in [-0.1, -0.05) is 45.4 Å². The van der Waals surface area contributed by atoms with Gasteiger partial charge in [0.2, 0.25) is 0 Å². The fourth-order valence-electron chi connectivity index (χ4n) is 1.98. The molecule has 0 saturated carbocycles. The summed E-state index contributed by atoms with van der Waals surface area (Å²) in [4.78, 5) is 16.0. The first-order valence-electron chi connectivity index (χ1n) is 6.02. The first-order chi connectivity index (χ1) is 10.0. The number of benzene rings is 2. The Labute approximate surface area is 138 Å². The van der Waals surface area contributed by atoms with Crippen molar-refractivity contribution in [3.05, 3.63) is 62.3 Å². The number of nitrogens with one attached hydrogen (secondary N) is 1. The molecule has 3 nitrogen and oxygen atoms in total. The Morgan fingerprint density at radius 2 is 2.00 bits per heavy atom. The maximum Gasteiger partial charge on any atom is 0.266 e. The monoisotopic (exact) mass is 381 g/mol. The van der Waals surface area contributed by atoms with E-state index in [0.29, 0.717) is 15.9 Å². The molecule has 0 aliphatic rings. The number of aromatic hydroxyl groups is 1. The number of rotatable bonds is 2. The summed E-state index contributed by atoms with van der Waals surface area (Å²) in [6.07, 6.45) is 0. The minimum absolute atomic E-state index is 0.0320. The fourth-order valence-corrected chi connectivity index (χ4v) is 3.62. The third-order valence-electron chi connectivity index (χ3n) is 2.92. The molecule has 0 fully saturated rings. The average molecular weight is 383 g/mol. The predicted molar refractivity (Wildman–Crippen MR) is 89.5 cm³/mol. The molecule has 3 aromatic rings. The minimum Gasteiger partial charge on any atom is -0.506 e. The standard InChI is InChI=1S/C15H9BrClNO2S/c16-8-2-1-3-10(6-8)21-14-13(19)11-5-4-9(17)7-12(11)18-15(14)20/h1-7H,(H2,18,19,20). The number of aromatic nitrogens is 1. The van der Waals surface area contributed by atoms with Crippen molar-refractivity contribution in [1.29, 1.82) is 0 Å². The molecule has 0 radical (unpaired) electrons. The summed E-state index contributed by atoms with van der Waals surface area (Å²) in [6.45, 7) is 0. The molecule has 0 unspecified atom stereocenters. The Hall–Kier alpha value is -1.43. The number of H-pyrrole nitrogens is 1. The summed E-state index contributed by atoms with van der Waals surface area (Å²) in [5.74, 6) is -0.0320. The maximum absolute atomic E-state index is 12.2. The van der Waals surface area contributed by atoms with Gasteiger partial charge in [0, 0.05) is 19.8 Å². The van der Waals surface area contributed by atoms with Crippen molar-refractivity contribution in [3.8, 4) is 5.75 Å². The lowest BCUT2D eigenvalue weighted by Crippen LogP contribution is -2.08. The van der Waals surface area contributed by atoms with Gasteiger partial charge in [-0.3, -0.25) is 4.79 Å². The summed E-state index contributed by atoms with van der Waals surface area (Å²) in [7, 11) is 0. The largest absolute Gasteiger partial charge is 0.506 e. The van der Waals surface area contributed by atoms with Gasteiger partial charge in [0.15, 0.2) is 0 Å². The van der Waals surface area contributed by atoms with Gasteiger partial charge in [0.1, 0.15) is 10.6 Å². The lowest BCUT2D eigenvalue weighted by Gasteiger charge is -2.07. The molecule has 0 spiro atoms. The van der Waals surface area contributed by atoms with Crippen molar-refractivity contribution >= 4 is 50.2 Å². The van der Waals surface area contributed by atoms with E-state index in [2.05, 4.69) is 20.9 Å². The highest BCUT2D eigenvalue weighted by atomic mass is 79.9. The average Bonchev–Trinajstić information content (AvgIpc) is 2.43. The second-order valence-electron chi connectivity index (χ2n) is 4.38. The van der Waals surface area contributed by atoms with Crippen LogP contribution in [-0.4, -0.2) is 10.1 Å². The highest BCUT2D eigenvalue weighted by Crippen LogP contribution is 2.36. The van der Waals surface area contributed by atoms with E-state index in [9.17, 15) is 9.90 Å². The third kappa shape index (κ3) is 2.95. The summed E-state index contributed by atoms with van der Waals surface area (Å²) < 4.78 is 0.913. The van der Waals surface area contributed by atoms with Gasteiger partial charge in [0.25, 0.3) is 5.56 Å². The van der Waals surface area contributed by atoms with E-state index < -0.39 is 0 Å². The van der Waals surface area contributed by atoms with E-state index in [1.807, 2.05) is 24.3 Å². The van der Waals surface area contributed by atoms with Gasteiger partial charge in [-0.15, -0.1) is 0 Å². The van der Waals surface area contributed by atoms with Crippen molar-refractivity contribution in [3.63, 3.8) is 0 Å². The Kier molecular flexibility index (Phi) is 3.97. The first kappa shape index (κ1) is 14.5. The molecule has 0 bridgehead atoms. The van der Waals surface area contributed by atoms with Crippen LogP contribution in [0.5, 0.6) is 5.75 Å². The predicted octanol–water partition coefficient (Wildman–Crippen LogP) is 4.80. The molecule has 1 heterocycles. The Morgan fingerprint density at radius 1 is 1.19 bits per heavy atom. The SMILES string of the molecule is O=c1[nH]c2cc(Cl)ccc2c(O)c1Sc1cccc(Br)c1. The summed E-state index contributed by atoms with van der Waals surface area (Å²) in [6, 6.07) is 12.5. The molecule has 0 aliphatic heterocycles. The van der Waals surface area contributed by atoms with Crippen LogP contribution in [0.1, 0.15) is 0 Å². The van der Waals surface area contributed by atoms with Gasteiger partial charge in [-0.05, 0) is 36.4 Å². The second-order valence-corrected chi connectivity index (χ2v) is 6.82. The fraction of sp³-hybridized carbons (Fsp3) is 0. The Bertz CT molecular complexity index is 894. The molecule has 106 valence electrons. The summed E-state index contributed by atoms with van der Waals surface area (Å²) in [5, 5.41) is 11.4. The minimum atomic E-state index is -0.341. The molecule has 2 N–H and O–H groups in total. The molecule has 2 aromatic carbocycles. The zero-order valence-electron chi connectivity index (χ0n) is 10.6. The van der Waals surface area contributed by atoms with Crippen LogP contribution in [0.2, 0.25) is 5.02 Å². The van der Waals surface area contributed by atoms with E-state index >= 15 is 0 Å². The van der Waals surface area contributed by atoms with Gasteiger partial charge >= 0.3 is 0 Å². The topological polar surface area (TPSA) is 53.1 Å².